The number of carbonyl (C=O) groups is 1. The molecule has 0 fully saturated rings. The third-order valence-corrected chi connectivity index (χ3v) is 4.94. The van der Waals surface area contributed by atoms with Gasteiger partial charge in [-0.25, -0.2) is 15.6 Å². The van der Waals surface area contributed by atoms with E-state index in [2.05, 4.69) is 10.3 Å². The predicted molar refractivity (Wildman–Crippen MR) is 111 cm³/mol. The number of rotatable bonds is 8. The minimum atomic E-state index is -0.253. The van der Waals surface area contributed by atoms with Crippen LogP contribution in [0, 0.1) is 18.3 Å². The van der Waals surface area contributed by atoms with Gasteiger partial charge in [0.05, 0.1) is 18.9 Å². The molecule has 5 N–H and O–H groups in total. The number of ether oxygens (including phenoxy) is 2. The summed E-state index contributed by atoms with van der Waals surface area (Å²) in [6.07, 6.45) is 3.75. The smallest absolute Gasteiger partial charge is 0.338 e. The van der Waals surface area contributed by atoms with E-state index in [0.717, 1.165) is 23.1 Å². The number of fused-ring (bicyclic) bond motifs is 1. The van der Waals surface area contributed by atoms with Gasteiger partial charge in [0, 0.05) is 30.1 Å². The second-order valence-corrected chi connectivity index (χ2v) is 6.84. The van der Waals surface area contributed by atoms with Crippen LogP contribution in [0.15, 0.2) is 36.3 Å². The van der Waals surface area contributed by atoms with Crippen LogP contribution >= 0.6 is 0 Å². The zero-order valence-corrected chi connectivity index (χ0v) is 16.9. The summed E-state index contributed by atoms with van der Waals surface area (Å²) in [4.78, 5) is 15.8. The summed E-state index contributed by atoms with van der Waals surface area (Å²) >= 11 is 0. The Labute approximate surface area is 174 Å². The molecule has 1 aromatic carbocycles. The monoisotopic (exact) mass is 408 g/mol. The molecular weight excluding hydrogens is 384 g/mol. The minimum Gasteiger partial charge on any atom is -0.495 e. The van der Waals surface area contributed by atoms with Crippen molar-refractivity contribution in [1.82, 2.24) is 10.3 Å². The molecule has 0 saturated heterocycles. The first-order valence-corrected chi connectivity index (χ1v) is 9.38. The second kappa shape index (κ2) is 9.26. The summed E-state index contributed by atoms with van der Waals surface area (Å²) in [7, 11) is 1.47. The van der Waals surface area contributed by atoms with Crippen LogP contribution in [0.5, 0.6) is 5.75 Å². The number of aromatic nitrogens is 1. The Hall–Kier alpha value is -3.61. The number of pyridine rings is 1. The van der Waals surface area contributed by atoms with Gasteiger partial charge in [0.2, 0.25) is 0 Å². The van der Waals surface area contributed by atoms with E-state index in [1.165, 1.54) is 18.3 Å². The molecule has 0 aliphatic carbocycles. The molecule has 0 atom stereocenters. The number of esters is 1. The van der Waals surface area contributed by atoms with E-state index in [1.54, 1.807) is 12.3 Å². The second-order valence-electron chi connectivity index (χ2n) is 6.84. The summed E-state index contributed by atoms with van der Waals surface area (Å²) in [5.41, 5.74) is 10.8. The summed E-state index contributed by atoms with van der Waals surface area (Å²) in [5.74, 6) is 6.54. The molecule has 1 aliphatic heterocycles. The Morgan fingerprint density at radius 3 is 3.03 bits per heavy atom. The molecule has 0 bridgehead atoms. The molecular formula is C21H24N6O3. The zero-order chi connectivity index (χ0) is 21.7. The van der Waals surface area contributed by atoms with Crippen molar-refractivity contribution in [1.29, 1.82) is 5.26 Å². The first-order valence-electron chi connectivity index (χ1n) is 9.38. The summed E-state index contributed by atoms with van der Waals surface area (Å²) in [6.45, 7) is 3.50. The van der Waals surface area contributed by atoms with E-state index >= 15 is 0 Å². The number of nitriles is 1. The highest BCUT2D eigenvalue weighted by molar-refractivity contribution is 5.93. The third-order valence-electron chi connectivity index (χ3n) is 4.94. The molecule has 9 nitrogen and oxygen atoms in total. The van der Waals surface area contributed by atoms with Crippen molar-refractivity contribution in [3.8, 4) is 11.8 Å². The minimum absolute atomic E-state index is 0.253. The Bertz CT molecular complexity index is 1030. The number of cyclic esters (lactones) is 1. The summed E-state index contributed by atoms with van der Waals surface area (Å²) in [5, 5.41) is 13.6. The third kappa shape index (κ3) is 4.51. The Morgan fingerprint density at radius 2 is 2.30 bits per heavy atom. The number of hydrogen-bond acceptors (Lipinski definition) is 9. The van der Waals surface area contributed by atoms with E-state index in [9.17, 15) is 4.79 Å². The molecule has 9 heteroatoms. The Morgan fingerprint density at radius 1 is 1.50 bits per heavy atom. The van der Waals surface area contributed by atoms with E-state index in [1.807, 2.05) is 25.1 Å². The van der Waals surface area contributed by atoms with Gasteiger partial charge in [0.15, 0.2) is 5.82 Å². The first-order chi connectivity index (χ1) is 14.4. The average Bonchev–Trinajstić information content (AvgIpc) is 3.13. The number of hydrogen-bond donors (Lipinski definition) is 3. The van der Waals surface area contributed by atoms with Crippen molar-refractivity contribution in [2.24, 2.45) is 11.6 Å². The number of hydrazine groups is 1. The van der Waals surface area contributed by atoms with Gasteiger partial charge in [-0.3, -0.25) is 5.01 Å². The average molecular weight is 408 g/mol. The van der Waals surface area contributed by atoms with Crippen LogP contribution in [0.4, 0.5) is 5.82 Å². The molecule has 0 amide bonds. The lowest BCUT2D eigenvalue weighted by molar-refractivity contribution is 0.0535. The van der Waals surface area contributed by atoms with Crippen LogP contribution in [0.1, 0.15) is 32.6 Å². The van der Waals surface area contributed by atoms with E-state index in [-0.39, 0.29) is 5.97 Å². The molecule has 0 spiro atoms. The van der Waals surface area contributed by atoms with Crippen molar-refractivity contribution in [3.63, 3.8) is 0 Å². The van der Waals surface area contributed by atoms with Gasteiger partial charge in [-0.15, -0.1) is 0 Å². The molecule has 30 heavy (non-hydrogen) atoms. The lowest BCUT2D eigenvalue weighted by Crippen LogP contribution is -2.30. The van der Waals surface area contributed by atoms with Gasteiger partial charge >= 0.3 is 5.97 Å². The molecule has 1 aliphatic rings. The molecule has 0 radical (unpaired) electrons. The maximum atomic E-state index is 11.6. The molecule has 0 saturated carbocycles. The molecule has 156 valence electrons. The lowest BCUT2D eigenvalue weighted by Gasteiger charge is -2.15. The van der Waals surface area contributed by atoms with Crippen molar-refractivity contribution >= 4 is 11.8 Å². The quantitative estimate of drug-likeness (QED) is 0.255. The van der Waals surface area contributed by atoms with Crippen LogP contribution in [-0.2, 0) is 17.8 Å². The number of benzene rings is 1. The number of carbonyl (C=O) groups excluding carboxylic acids is 1. The normalized spacial score (nSPS) is 12.9. The van der Waals surface area contributed by atoms with Gasteiger partial charge < -0.3 is 20.5 Å². The van der Waals surface area contributed by atoms with E-state index < -0.39 is 0 Å². The molecule has 2 aromatic rings. The summed E-state index contributed by atoms with van der Waals surface area (Å²) < 4.78 is 10.3. The number of nitrogens with zero attached hydrogens (tertiary/aromatic N) is 3. The van der Waals surface area contributed by atoms with Crippen molar-refractivity contribution in [2.75, 3.05) is 25.2 Å². The predicted octanol–water partition coefficient (Wildman–Crippen LogP) is 1.25. The Balaban J connectivity index is 1.54. The standard InChI is InChI=1S/C21H24N6O3/c1-13-14(3-4-17-18(13)12-30-21(17)28)5-6-25-10-16(23)11-27(24)20-7-19(29-2)15(8-22)9-26-20/h3-4,7,9,11,25H,5-6,10,12,23-24H2,1-2H3/b16-11-. The van der Waals surface area contributed by atoms with Crippen LogP contribution in [0.3, 0.4) is 0 Å². The molecule has 2 heterocycles. The highest BCUT2D eigenvalue weighted by Gasteiger charge is 2.23. The van der Waals surface area contributed by atoms with Gasteiger partial charge in [-0.2, -0.15) is 5.26 Å². The highest BCUT2D eigenvalue weighted by atomic mass is 16.5. The SMILES string of the molecule is COc1cc(N(N)/C=C(\N)CNCCc2ccc3c(c2C)COC3=O)ncc1C#N. The maximum absolute atomic E-state index is 11.6. The summed E-state index contributed by atoms with van der Waals surface area (Å²) in [6, 6.07) is 7.36. The van der Waals surface area contributed by atoms with Crippen LogP contribution in [0.25, 0.3) is 0 Å². The van der Waals surface area contributed by atoms with E-state index in [0.29, 0.717) is 48.1 Å². The van der Waals surface area contributed by atoms with Crippen molar-refractivity contribution in [2.45, 2.75) is 20.0 Å². The maximum Gasteiger partial charge on any atom is 0.338 e. The Kier molecular flexibility index (Phi) is 6.51. The van der Waals surface area contributed by atoms with Crippen LogP contribution in [-0.4, -0.2) is 31.2 Å². The van der Waals surface area contributed by atoms with Gasteiger partial charge in [0.1, 0.15) is 24.0 Å². The number of nitrogens with two attached hydrogens (primary N) is 2. The zero-order valence-electron chi connectivity index (χ0n) is 16.9. The van der Waals surface area contributed by atoms with Crippen LogP contribution in [0.2, 0.25) is 0 Å². The number of methoxy groups -OCH3 is 1. The van der Waals surface area contributed by atoms with Gasteiger partial charge in [0.25, 0.3) is 0 Å². The van der Waals surface area contributed by atoms with Gasteiger partial charge in [-0.1, -0.05) is 6.07 Å². The molecule has 0 unspecified atom stereocenters. The number of anilines is 1. The topological polar surface area (TPSA) is 140 Å². The van der Waals surface area contributed by atoms with Crippen molar-refractivity contribution < 1.29 is 14.3 Å². The first kappa shape index (κ1) is 21.1. The fraction of sp³-hybridized carbons (Fsp3) is 0.286. The largest absolute Gasteiger partial charge is 0.495 e. The number of nitrogens with one attached hydrogen (secondary N) is 1. The molecule has 3 rings (SSSR count). The fourth-order valence-corrected chi connectivity index (χ4v) is 3.24. The highest BCUT2D eigenvalue weighted by Crippen LogP contribution is 2.26. The van der Waals surface area contributed by atoms with Crippen LogP contribution < -0.4 is 26.6 Å². The fourth-order valence-electron chi connectivity index (χ4n) is 3.24. The van der Waals surface area contributed by atoms with Crippen molar-refractivity contribution in [3.05, 3.63) is 64.1 Å². The lowest BCUT2D eigenvalue weighted by atomic mass is 9.97. The molecule has 1 aromatic heterocycles. The van der Waals surface area contributed by atoms with Gasteiger partial charge in [-0.05, 0) is 37.1 Å². The van der Waals surface area contributed by atoms with E-state index in [4.69, 9.17) is 26.3 Å².